The van der Waals surface area contributed by atoms with E-state index in [0.29, 0.717) is 12.4 Å². The zero-order valence-electron chi connectivity index (χ0n) is 13.0. The molecule has 0 aliphatic rings. The minimum absolute atomic E-state index is 0.308. The summed E-state index contributed by atoms with van der Waals surface area (Å²) in [7, 11) is 0. The molecule has 1 atom stereocenters. The van der Waals surface area contributed by atoms with E-state index < -0.39 is 23.7 Å². The minimum Gasteiger partial charge on any atom is -0.467 e. The van der Waals surface area contributed by atoms with Crippen LogP contribution in [-0.4, -0.2) is 24.3 Å². The standard InChI is InChI=1S/C15H23NO5/c1-5-6-9-20-13(17)12(11-8-7-10-19-11)16-14(18)21-15(2,3)4/h7-8,10,12H,5-6,9H2,1-4H3,(H,16,18). The molecule has 118 valence electrons. The predicted molar refractivity (Wildman–Crippen MR) is 76.7 cm³/mol. The lowest BCUT2D eigenvalue weighted by Gasteiger charge is -2.22. The molecule has 0 aliphatic carbocycles. The molecule has 0 bridgehead atoms. The van der Waals surface area contributed by atoms with Crippen LogP contribution < -0.4 is 5.32 Å². The lowest BCUT2D eigenvalue weighted by molar-refractivity contribution is -0.147. The number of furan rings is 1. The monoisotopic (exact) mass is 297 g/mol. The average molecular weight is 297 g/mol. The molecule has 6 heteroatoms. The van der Waals surface area contributed by atoms with Crippen LogP contribution in [0.1, 0.15) is 52.3 Å². The van der Waals surface area contributed by atoms with Crippen molar-refractivity contribution in [3.8, 4) is 0 Å². The lowest BCUT2D eigenvalue weighted by atomic mass is 10.2. The third kappa shape index (κ3) is 6.33. The molecule has 1 aromatic rings. The van der Waals surface area contributed by atoms with Crippen molar-refractivity contribution in [2.24, 2.45) is 0 Å². The van der Waals surface area contributed by atoms with Crippen molar-refractivity contribution < 1.29 is 23.5 Å². The zero-order valence-corrected chi connectivity index (χ0v) is 13.0. The fourth-order valence-electron chi connectivity index (χ4n) is 1.53. The van der Waals surface area contributed by atoms with Crippen molar-refractivity contribution in [2.45, 2.75) is 52.2 Å². The molecule has 1 N–H and O–H groups in total. The van der Waals surface area contributed by atoms with Crippen molar-refractivity contribution in [2.75, 3.05) is 6.61 Å². The summed E-state index contributed by atoms with van der Waals surface area (Å²) in [5.74, 6) is -0.258. The van der Waals surface area contributed by atoms with Crippen LogP contribution in [0.25, 0.3) is 0 Å². The van der Waals surface area contributed by atoms with Crippen molar-refractivity contribution in [1.29, 1.82) is 0 Å². The van der Waals surface area contributed by atoms with Crippen LogP contribution in [-0.2, 0) is 14.3 Å². The number of hydrogen-bond donors (Lipinski definition) is 1. The van der Waals surface area contributed by atoms with E-state index in [0.717, 1.165) is 12.8 Å². The van der Waals surface area contributed by atoms with Gasteiger partial charge in [0.25, 0.3) is 0 Å². The van der Waals surface area contributed by atoms with E-state index in [4.69, 9.17) is 13.9 Å². The van der Waals surface area contributed by atoms with Crippen LogP contribution in [0.5, 0.6) is 0 Å². The van der Waals surface area contributed by atoms with Crippen molar-refractivity contribution in [1.82, 2.24) is 5.32 Å². The molecular formula is C15H23NO5. The summed E-state index contributed by atoms with van der Waals surface area (Å²) < 4.78 is 15.5. The average Bonchev–Trinajstić information content (AvgIpc) is 2.87. The molecule has 21 heavy (non-hydrogen) atoms. The van der Waals surface area contributed by atoms with Crippen LogP contribution in [0.15, 0.2) is 22.8 Å². The van der Waals surface area contributed by atoms with Crippen molar-refractivity contribution >= 4 is 12.1 Å². The van der Waals surface area contributed by atoms with Gasteiger partial charge in [0.05, 0.1) is 12.9 Å². The molecule has 0 spiro atoms. The highest BCUT2D eigenvalue weighted by Gasteiger charge is 2.29. The second-order valence-corrected chi connectivity index (χ2v) is 5.62. The second kappa shape index (κ2) is 7.71. The Labute approximate surface area is 124 Å². The van der Waals surface area contributed by atoms with Gasteiger partial charge < -0.3 is 19.2 Å². The van der Waals surface area contributed by atoms with Crippen molar-refractivity contribution in [3.63, 3.8) is 0 Å². The molecule has 0 fully saturated rings. The molecule has 1 amide bonds. The maximum Gasteiger partial charge on any atom is 0.408 e. The number of unbranched alkanes of at least 4 members (excludes halogenated alkanes) is 1. The lowest BCUT2D eigenvalue weighted by Crippen LogP contribution is -2.38. The van der Waals surface area contributed by atoms with Crippen LogP contribution in [0, 0.1) is 0 Å². The second-order valence-electron chi connectivity index (χ2n) is 5.62. The van der Waals surface area contributed by atoms with E-state index in [2.05, 4.69) is 5.32 Å². The Kier molecular flexibility index (Phi) is 6.27. The summed E-state index contributed by atoms with van der Waals surface area (Å²) in [6.45, 7) is 7.54. The number of carbonyl (C=O) groups excluding carboxylic acids is 2. The maximum absolute atomic E-state index is 12.1. The van der Waals surface area contributed by atoms with Crippen LogP contribution in [0.4, 0.5) is 4.79 Å². The Balaban J connectivity index is 2.70. The summed E-state index contributed by atoms with van der Waals surface area (Å²) in [6.07, 6.45) is 2.41. The van der Waals surface area contributed by atoms with Gasteiger partial charge in [-0.1, -0.05) is 13.3 Å². The maximum atomic E-state index is 12.1. The number of esters is 1. The van der Waals surface area contributed by atoms with E-state index in [-0.39, 0.29) is 0 Å². The molecule has 6 nitrogen and oxygen atoms in total. The minimum atomic E-state index is -1.01. The number of amides is 1. The van der Waals surface area contributed by atoms with E-state index in [1.54, 1.807) is 32.9 Å². The molecule has 0 aliphatic heterocycles. The summed E-state index contributed by atoms with van der Waals surface area (Å²) >= 11 is 0. The molecule has 0 aromatic carbocycles. The number of nitrogens with one attached hydrogen (secondary N) is 1. The largest absolute Gasteiger partial charge is 0.467 e. The normalized spacial score (nSPS) is 12.6. The highest BCUT2D eigenvalue weighted by Crippen LogP contribution is 2.17. The Hall–Kier alpha value is -1.98. The summed E-state index contributed by atoms with van der Waals surface area (Å²) in [5, 5.41) is 2.47. The third-order valence-corrected chi connectivity index (χ3v) is 2.47. The molecule has 1 heterocycles. The van der Waals surface area contributed by atoms with Gasteiger partial charge in [0.15, 0.2) is 6.04 Å². The first-order chi connectivity index (χ1) is 9.83. The molecule has 0 saturated heterocycles. The molecule has 1 unspecified atom stereocenters. The van der Waals surface area contributed by atoms with E-state index in [1.807, 2.05) is 6.92 Å². The van der Waals surface area contributed by atoms with Crippen LogP contribution in [0.3, 0.4) is 0 Å². The van der Waals surface area contributed by atoms with Crippen molar-refractivity contribution in [3.05, 3.63) is 24.2 Å². The number of hydrogen-bond acceptors (Lipinski definition) is 5. The molecule has 1 rings (SSSR count). The molecular weight excluding hydrogens is 274 g/mol. The fourth-order valence-corrected chi connectivity index (χ4v) is 1.53. The third-order valence-electron chi connectivity index (χ3n) is 2.47. The van der Waals surface area contributed by atoms with Gasteiger partial charge in [0.1, 0.15) is 11.4 Å². The van der Waals surface area contributed by atoms with Crippen LogP contribution >= 0.6 is 0 Å². The first-order valence-electron chi connectivity index (χ1n) is 7.03. The molecule has 1 aromatic heterocycles. The Morgan fingerprint density at radius 3 is 2.62 bits per heavy atom. The van der Waals surface area contributed by atoms with E-state index >= 15 is 0 Å². The van der Waals surface area contributed by atoms with Gasteiger partial charge in [-0.3, -0.25) is 0 Å². The number of rotatable bonds is 6. The summed E-state index contributed by atoms with van der Waals surface area (Å²) in [5.41, 5.74) is -0.649. The van der Waals surface area contributed by atoms with E-state index in [1.165, 1.54) is 6.26 Å². The quantitative estimate of drug-likeness (QED) is 0.644. The van der Waals surface area contributed by atoms with Crippen LogP contribution in [0.2, 0.25) is 0 Å². The van der Waals surface area contributed by atoms with Gasteiger partial charge in [-0.2, -0.15) is 0 Å². The first-order valence-corrected chi connectivity index (χ1v) is 7.03. The van der Waals surface area contributed by atoms with Gasteiger partial charge in [-0.05, 0) is 39.3 Å². The van der Waals surface area contributed by atoms with Gasteiger partial charge in [-0.15, -0.1) is 0 Å². The molecule has 0 radical (unpaired) electrons. The van der Waals surface area contributed by atoms with Gasteiger partial charge >= 0.3 is 12.1 Å². The Morgan fingerprint density at radius 1 is 1.38 bits per heavy atom. The Bertz CT molecular complexity index is 447. The van der Waals surface area contributed by atoms with Gasteiger partial charge in [-0.25, -0.2) is 9.59 Å². The topological polar surface area (TPSA) is 77.8 Å². The van der Waals surface area contributed by atoms with Gasteiger partial charge in [0, 0.05) is 0 Å². The highest BCUT2D eigenvalue weighted by molar-refractivity contribution is 5.82. The first kappa shape index (κ1) is 17.1. The van der Waals surface area contributed by atoms with Gasteiger partial charge in [0.2, 0.25) is 0 Å². The smallest absolute Gasteiger partial charge is 0.408 e. The summed E-state index contributed by atoms with van der Waals surface area (Å²) in [6, 6.07) is 2.23. The van der Waals surface area contributed by atoms with E-state index in [9.17, 15) is 9.59 Å². The zero-order chi connectivity index (χ0) is 15.9. The molecule has 0 saturated carbocycles. The predicted octanol–water partition coefficient (Wildman–Crippen LogP) is 3.19. The summed E-state index contributed by atoms with van der Waals surface area (Å²) in [4.78, 5) is 23.9. The fraction of sp³-hybridized carbons (Fsp3) is 0.600. The highest BCUT2D eigenvalue weighted by atomic mass is 16.6. The number of ether oxygens (including phenoxy) is 2. The SMILES string of the molecule is CCCCOC(=O)C(NC(=O)OC(C)(C)C)c1ccco1. The number of carbonyl (C=O) groups is 2. The Morgan fingerprint density at radius 2 is 2.10 bits per heavy atom. The number of alkyl carbamates (subject to hydrolysis) is 1.